The summed E-state index contributed by atoms with van der Waals surface area (Å²) in [7, 11) is 0. The highest BCUT2D eigenvalue weighted by molar-refractivity contribution is 14.0. The Bertz CT molecular complexity index is 636. The molecule has 140 valence electrons. The highest BCUT2D eigenvalue weighted by Gasteiger charge is 2.06. The zero-order valence-corrected chi connectivity index (χ0v) is 18.7. The lowest BCUT2D eigenvalue weighted by Gasteiger charge is -2.13. The Hall–Kier alpha value is -1.09. The summed E-state index contributed by atoms with van der Waals surface area (Å²) < 4.78 is 2.07. The standard InChI is InChI=1S/C18H29N5S.HI/c1-5-19-18(21-13-14(2)17-8-6-11-24-17)20-9-7-10-23-16(4)12-15(3)22-23;/h6,8,11-12,14H,5,7,9-10,13H2,1-4H3,(H2,19,20,21);1H. The molecule has 0 aromatic carbocycles. The first-order valence-corrected chi connectivity index (χ1v) is 9.54. The molecular weight excluding hydrogens is 445 g/mol. The Balaban J connectivity index is 0.00000312. The van der Waals surface area contributed by atoms with E-state index >= 15 is 0 Å². The number of rotatable bonds is 8. The lowest BCUT2D eigenvalue weighted by atomic mass is 10.1. The summed E-state index contributed by atoms with van der Waals surface area (Å²) in [6, 6.07) is 6.40. The van der Waals surface area contributed by atoms with E-state index in [9.17, 15) is 0 Å². The van der Waals surface area contributed by atoms with E-state index in [-0.39, 0.29) is 24.0 Å². The normalized spacial score (nSPS) is 12.6. The molecule has 0 aliphatic heterocycles. The number of hydrogen-bond donors (Lipinski definition) is 2. The number of nitrogens with zero attached hydrogens (tertiary/aromatic N) is 3. The fourth-order valence-corrected chi connectivity index (χ4v) is 3.35. The smallest absolute Gasteiger partial charge is 0.191 e. The minimum absolute atomic E-state index is 0. The van der Waals surface area contributed by atoms with Gasteiger partial charge in [0.1, 0.15) is 0 Å². The highest BCUT2D eigenvalue weighted by atomic mass is 127. The Kier molecular flexibility index (Phi) is 10.1. The molecule has 5 nitrogen and oxygen atoms in total. The van der Waals surface area contributed by atoms with Gasteiger partial charge >= 0.3 is 0 Å². The van der Waals surface area contributed by atoms with Gasteiger partial charge in [-0.3, -0.25) is 9.67 Å². The van der Waals surface area contributed by atoms with Gasteiger partial charge in [-0.2, -0.15) is 5.10 Å². The van der Waals surface area contributed by atoms with E-state index in [4.69, 9.17) is 4.99 Å². The molecule has 0 saturated heterocycles. The van der Waals surface area contributed by atoms with Crippen molar-refractivity contribution in [2.45, 2.75) is 46.6 Å². The Morgan fingerprint density at radius 2 is 2.16 bits per heavy atom. The van der Waals surface area contributed by atoms with Crippen molar-refractivity contribution in [2.75, 3.05) is 19.6 Å². The van der Waals surface area contributed by atoms with Gasteiger partial charge in [0.05, 0.1) is 12.2 Å². The molecule has 0 aliphatic carbocycles. The molecular formula is C18H30IN5S. The molecule has 0 aliphatic rings. The maximum atomic E-state index is 4.71. The van der Waals surface area contributed by atoms with Crippen LogP contribution in [0.4, 0.5) is 0 Å². The topological polar surface area (TPSA) is 54.2 Å². The third kappa shape index (κ3) is 7.35. The number of aromatic nitrogens is 2. The second-order valence-electron chi connectivity index (χ2n) is 6.07. The van der Waals surface area contributed by atoms with Gasteiger partial charge in [-0.25, -0.2) is 0 Å². The third-order valence-corrected chi connectivity index (χ3v) is 4.94. The summed E-state index contributed by atoms with van der Waals surface area (Å²) in [6.45, 7) is 11.9. The number of halogens is 1. The van der Waals surface area contributed by atoms with E-state index in [1.54, 1.807) is 11.3 Å². The Labute approximate surface area is 172 Å². The lowest BCUT2D eigenvalue weighted by Crippen LogP contribution is -2.38. The highest BCUT2D eigenvalue weighted by Crippen LogP contribution is 2.20. The first-order valence-electron chi connectivity index (χ1n) is 8.66. The fraction of sp³-hybridized carbons (Fsp3) is 0.556. The summed E-state index contributed by atoms with van der Waals surface area (Å²) in [6.07, 6.45) is 1.02. The summed E-state index contributed by atoms with van der Waals surface area (Å²) in [5.74, 6) is 1.35. The zero-order valence-electron chi connectivity index (χ0n) is 15.6. The van der Waals surface area contributed by atoms with Crippen molar-refractivity contribution in [1.29, 1.82) is 0 Å². The molecule has 2 rings (SSSR count). The molecule has 0 saturated carbocycles. The summed E-state index contributed by atoms with van der Waals surface area (Å²) >= 11 is 1.80. The quantitative estimate of drug-likeness (QED) is 0.263. The molecule has 2 aromatic rings. The van der Waals surface area contributed by atoms with Crippen LogP contribution in [0.1, 0.15) is 42.5 Å². The number of aliphatic imine (C=N–C) groups is 1. The van der Waals surface area contributed by atoms with Crippen LogP contribution < -0.4 is 10.6 Å². The van der Waals surface area contributed by atoms with Crippen LogP contribution in [0, 0.1) is 13.8 Å². The first kappa shape index (κ1) is 22.0. The molecule has 0 radical (unpaired) electrons. The van der Waals surface area contributed by atoms with Crippen molar-refractivity contribution in [2.24, 2.45) is 4.99 Å². The molecule has 25 heavy (non-hydrogen) atoms. The molecule has 2 heterocycles. The average molecular weight is 475 g/mol. The number of nitrogens with one attached hydrogen (secondary N) is 2. The van der Waals surface area contributed by atoms with Crippen LogP contribution in [0.5, 0.6) is 0 Å². The lowest BCUT2D eigenvalue weighted by molar-refractivity contribution is 0.555. The maximum Gasteiger partial charge on any atom is 0.191 e. The maximum absolute atomic E-state index is 4.71. The molecule has 0 spiro atoms. The fourth-order valence-electron chi connectivity index (χ4n) is 2.57. The van der Waals surface area contributed by atoms with Gasteiger partial charge in [0.2, 0.25) is 0 Å². The van der Waals surface area contributed by atoms with Crippen molar-refractivity contribution in [3.63, 3.8) is 0 Å². The van der Waals surface area contributed by atoms with Crippen LogP contribution in [0.15, 0.2) is 28.6 Å². The van der Waals surface area contributed by atoms with Crippen molar-refractivity contribution < 1.29 is 0 Å². The van der Waals surface area contributed by atoms with Crippen LogP contribution >= 0.6 is 35.3 Å². The molecule has 0 fully saturated rings. The van der Waals surface area contributed by atoms with Gasteiger partial charge in [0, 0.05) is 36.1 Å². The van der Waals surface area contributed by atoms with E-state index < -0.39 is 0 Å². The number of aryl methyl sites for hydroxylation is 3. The van der Waals surface area contributed by atoms with Crippen molar-refractivity contribution in [3.8, 4) is 0 Å². The molecule has 0 amide bonds. The van der Waals surface area contributed by atoms with Gasteiger partial charge in [0.25, 0.3) is 0 Å². The average Bonchev–Trinajstić information content (AvgIpc) is 3.18. The monoisotopic (exact) mass is 475 g/mol. The van der Waals surface area contributed by atoms with Crippen LogP contribution in [-0.4, -0.2) is 35.4 Å². The largest absolute Gasteiger partial charge is 0.357 e. The van der Waals surface area contributed by atoms with Gasteiger partial charge in [-0.15, -0.1) is 35.3 Å². The molecule has 2 aromatic heterocycles. The molecule has 1 atom stereocenters. The van der Waals surface area contributed by atoms with Crippen molar-refractivity contribution in [3.05, 3.63) is 39.8 Å². The SMILES string of the molecule is CCNC(=NCC(C)c1cccs1)NCCCn1nc(C)cc1C.I. The predicted molar refractivity (Wildman–Crippen MR) is 118 cm³/mol. The van der Waals surface area contributed by atoms with E-state index in [0.717, 1.165) is 44.3 Å². The second kappa shape index (κ2) is 11.5. The summed E-state index contributed by atoms with van der Waals surface area (Å²) in [5, 5.41) is 13.4. The Morgan fingerprint density at radius 1 is 1.36 bits per heavy atom. The third-order valence-electron chi connectivity index (χ3n) is 3.84. The summed E-state index contributed by atoms with van der Waals surface area (Å²) in [4.78, 5) is 6.10. The summed E-state index contributed by atoms with van der Waals surface area (Å²) in [5.41, 5.74) is 2.30. The molecule has 0 bridgehead atoms. The zero-order chi connectivity index (χ0) is 17.4. The first-order chi connectivity index (χ1) is 11.6. The van der Waals surface area contributed by atoms with E-state index in [1.165, 1.54) is 10.6 Å². The molecule has 1 unspecified atom stereocenters. The second-order valence-corrected chi connectivity index (χ2v) is 7.05. The number of guanidine groups is 1. The molecule has 2 N–H and O–H groups in total. The number of hydrogen-bond acceptors (Lipinski definition) is 3. The van der Waals surface area contributed by atoms with Gasteiger partial charge in [-0.1, -0.05) is 13.0 Å². The van der Waals surface area contributed by atoms with E-state index in [1.807, 2.05) is 6.92 Å². The molecule has 7 heteroatoms. The van der Waals surface area contributed by atoms with E-state index in [2.05, 4.69) is 64.8 Å². The van der Waals surface area contributed by atoms with Crippen LogP contribution in [0.25, 0.3) is 0 Å². The van der Waals surface area contributed by atoms with Crippen molar-refractivity contribution >= 4 is 41.3 Å². The minimum atomic E-state index is 0. The van der Waals surface area contributed by atoms with Gasteiger partial charge in [-0.05, 0) is 44.7 Å². The van der Waals surface area contributed by atoms with E-state index in [0.29, 0.717) is 5.92 Å². The van der Waals surface area contributed by atoms with Crippen molar-refractivity contribution in [1.82, 2.24) is 20.4 Å². The van der Waals surface area contributed by atoms with Crippen LogP contribution in [0.3, 0.4) is 0 Å². The predicted octanol–water partition coefficient (Wildman–Crippen LogP) is 3.93. The minimum Gasteiger partial charge on any atom is -0.357 e. The van der Waals surface area contributed by atoms with Crippen LogP contribution in [0.2, 0.25) is 0 Å². The Morgan fingerprint density at radius 3 is 2.76 bits per heavy atom. The van der Waals surface area contributed by atoms with Gasteiger partial charge < -0.3 is 10.6 Å². The van der Waals surface area contributed by atoms with Crippen LogP contribution in [-0.2, 0) is 6.54 Å². The number of thiophene rings is 1. The van der Waals surface area contributed by atoms with Gasteiger partial charge in [0.15, 0.2) is 5.96 Å².